The molecule has 0 aliphatic carbocycles. The summed E-state index contributed by atoms with van der Waals surface area (Å²) >= 11 is 0. The van der Waals surface area contributed by atoms with E-state index >= 15 is 0 Å². The lowest BCUT2D eigenvalue weighted by Crippen LogP contribution is -2.47. The average molecular weight is 425 g/mol. The lowest BCUT2D eigenvalue weighted by Gasteiger charge is -2.32. The Morgan fingerprint density at radius 3 is 0.862 bits per heavy atom. The molecule has 176 valence electrons. The van der Waals surface area contributed by atoms with E-state index in [1.54, 1.807) is 0 Å². The van der Waals surface area contributed by atoms with Crippen LogP contribution in [-0.4, -0.2) is 111 Å². The van der Waals surface area contributed by atoms with Gasteiger partial charge in [-0.15, -0.1) is 0 Å². The van der Waals surface area contributed by atoms with Crippen molar-refractivity contribution < 1.29 is 18.9 Å². The molecule has 0 aromatic carbocycles. The van der Waals surface area contributed by atoms with Crippen LogP contribution in [0, 0.1) is 0 Å². The van der Waals surface area contributed by atoms with Crippen molar-refractivity contribution in [2.45, 2.75) is 6.16 Å². The number of nitrogens with two attached hydrogens (primary N) is 4. The number of hydrogen-bond donors (Lipinski definition) is 8. The predicted molar refractivity (Wildman–Crippen MR) is 114 cm³/mol. The zero-order valence-corrected chi connectivity index (χ0v) is 17.8. The summed E-state index contributed by atoms with van der Waals surface area (Å²) < 4.78 is 23.5. The highest BCUT2D eigenvalue weighted by atomic mass is 17.0. The molecule has 12 heteroatoms. The van der Waals surface area contributed by atoms with Gasteiger partial charge >= 0.3 is 6.16 Å². The van der Waals surface area contributed by atoms with Crippen molar-refractivity contribution in [2.75, 3.05) is 105 Å². The highest BCUT2D eigenvalue weighted by Crippen LogP contribution is 2.17. The molecule has 0 saturated heterocycles. The monoisotopic (exact) mass is 424 g/mol. The fraction of sp³-hybridized carbons (Fsp3) is 1.00. The summed E-state index contributed by atoms with van der Waals surface area (Å²) in [6.07, 6.45) is -1.59. The minimum Gasteiger partial charge on any atom is -0.329 e. The first-order valence-electron chi connectivity index (χ1n) is 10.4. The van der Waals surface area contributed by atoms with Gasteiger partial charge in [-0.05, 0) is 0 Å². The molecule has 0 aliphatic rings. The van der Waals surface area contributed by atoms with Crippen LogP contribution in [0.4, 0.5) is 0 Å². The number of hydrogen-bond acceptors (Lipinski definition) is 12. The van der Waals surface area contributed by atoms with Gasteiger partial charge in [0.25, 0.3) is 0 Å². The van der Waals surface area contributed by atoms with E-state index in [9.17, 15) is 0 Å². The molecule has 0 aromatic heterocycles. The summed E-state index contributed by atoms with van der Waals surface area (Å²) in [6, 6.07) is 0. The fourth-order valence-electron chi connectivity index (χ4n) is 2.15. The summed E-state index contributed by atoms with van der Waals surface area (Å²) in [5.41, 5.74) is 22.0. The maximum Gasteiger partial charge on any atom is 0.412 e. The Hall–Kier alpha value is -0.480. The van der Waals surface area contributed by atoms with E-state index in [4.69, 9.17) is 41.9 Å². The van der Waals surface area contributed by atoms with Gasteiger partial charge in [0.2, 0.25) is 0 Å². The second-order valence-electron chi connectivity index (χ2n) is 6.05. The van der Waals surface area contributed by atoms with Gasteiger partial charge < -0.3 is 63.1 Å². The van der Waals surface area contributed by atoms with Crippen molar-refractivity contribution >= 4 is 0 Å². The molecular formula is C17H44N8O4. The second-order valence-corrected chi connectivity index (χ2v) is 6.05. The number of nitrogens with one attached hydrogen (secondary N) is 4. The predicted octanol–water partition coefficient (Wildman–Crippen LogP) is -4.14. The van der Waals surface area contributed by atoms with E-state index in [1.165, 1.54) is 0 Å². The van der Waals surface area contributed by atoms with E-state index in [0.29, 0.717) is 105 Å². The van der Waals surface area contributed by atoms with Crippen LogP contribution in [0.15, 0.2) is 0 Å². The zero-order chi connectivity index (χ0) is 21.5. The molecule has 0 saturated carbocycles. The Kier molecular flexibility index (Phi) is 21.8. The van der Waals surface area contributed by atoms with Gasteiger partial charge in [0.1, 0.15) is 0 Å². The Morgan fingerprint density at radius 1 is 0.414 bits per heavy atom. The van der Waals surface area contributed by atoms with Crippen molar-refractivity contribution in [3.05, 3.63) is 0 Å². The summed E-state index contributed by atoms with van der Waals surface area (Å²) in [4.78, 5) is 0. The molecule has 0 aliphatic heterocycles. The van der Waals surface area contributed by atoms with Gasteiger partial charge in [0.15, 0.2) is 0 Å². The van der Waals surface area contributed by atoms with Gasteiger partial charge in [-0.1, -0.05) is 0 Å². The lowest BCUT2D eigenvalue weighted by molar-refractivity contribution is -0.497. The molecule has 12 N–H and O–H groups in total. The summed E-state index contributed by atoms with van der Waals surface area (Å²) in [6.45, 7) is 8.76. The van der Waals surface area contributed by atoms with Crippen LogP contribution >= 0.6 is 0 Å². The van der Waals surface area contributed by atoms with Crippen LogP contribution in [-0.2, 0) is 18.9 Å². The first-order chi connectivity index (χ1) is 14.2. The SMILES string of the molecule is NCCNCCOC(OCCNCCN)(OCCNCCN)OCCNCCN. The van der Waals surface area contributed by atoms with Crippen LogP contribution in [0.25, 0.3) is 0 Å². The molecule has 0 fully saturated rings. The third kappa shape index (κ3) is 18.0. The fourth-order valence-corrected chi connectivity index (χ4v) is 2.15. The van der Waals surface area contributed by atoms with Gasteiger partial charge in [-0.3, -0.25) is 0 Å². The minimum atomic E-state index is -1.59. The Balaban J connectivity index is 4.69. The first kappa shape index (κ1) is 28.5. The van der Waals surface area contributed by atoms with Crippen molar-refractivity contribution in [1.82, 2.24) is 21.3 Å². The highest BCUT2D eigenvalue weighted by Gasteiger charge is 2.35. The van der Waals surface area contributed by atoms with Crippen molar-refractivity contribution in [3.63, 3.8) is 0 Å². The molecule has 0 spiro atoms. The third-order valence-corrected chi connectivity index (χ3v) is 3.52. The van der Waals surface area contributed by atoms with Crippen LogP contribution < -0.4 is 44.2 Å². The zero-order valence-electron chi connectivity index (χ0n) is 17.8. The van der Waals surface area contributed by atoms with Crippen LogP contribution in [0.1, 0.15) is 0 Å². The molecule has 0 aromatic rings. The van der Waals surface area contributed by atoms with E-state index in [2.05, 4.69) is 21.3 Å². The largest absolute Gasteiger partial charge is 0.412 e. The minimum absolute atomic E-state index is 0.336. The van der Waals surface area contributed by atoms with Gasteiger partial charge in [-0.25, -0.2) is 0 Å². The number of ether oxygens (including phenoxy) is 4. The molecule has 12 nitrogen and oxygen atoms in total. The van der Waals surface area contributed by atoms with Crippen molar-refractivity contribution in [1.29, 1.82) is 0 Å². The molecule has 0 unspecified atom stereocenters. The Labute approximate surface area is 175 Å². The molecular weight excluding hydrogens is 380 g/mol. The maximum absolute atomic E-state index is 5.87. The average Bonchev–Trinajstić information content (AvgIpc) is 2.73. The van der Waals surface area contributed by atoms with Crippen molar-refractivity contribution in [3.8, 4) is 0 Å². The molecule has 29 heavy (non-hydrogen) atoms. The van der Waals surface area contributed by atoms with Gasteiger partial charge in [-0.2, -0.15) is 0 Å². The van der Waals surface area contributed by atoms with Crippen molar-refractivity contribution in [2.24, 2.45) is 22.9 Å². The second kappa shape index (κ2) is 22.2. The van der Waals surface area contributed by atoms with Crippen LogP contribution in [0.5, 0.6) is 0 Å². The molecule has 0 bridgehead atoms. The summed E-state index contributed by atoms with van der Waals surface area (Å²) in [5.74, 6) is 0. The van der Waals surface area contributed by atoms with Gasteiger partial charge in [0.05, 0.1) is 26.4 Å². The smallest absolute Gasteiger partial charge is 0.329 e. The molecule has 0 rings (SSSR count). The van der Waals surface area contributed by atoms with Gasteiger partial charge in [0, 0.05) is 78.5 Å². The lowest BCUT2D eigenvalue weighted by atomic mass is 10.5. The topological polar surface area (TPSA) is 189 Å². The Morgan fingerprint density at radius 2 is 0.655 bits per heavy atom. The van der Waals surface area contributed by atoms with E-state index < -0.39 is 6.16 Å². The molecule has 0 amide bonds. The van der Waals surface area contributed by atoms with Crippen LogP contribution in [0.2, 0.25) is 0 Å². The molecule has 0 heterocycles. The van der Waals surface area contributed by atoms with E-state index in [-0.39, 0.29) is 0 Å². The maximum atomic E-state index is 5.87. The number of rotatable bonds is 24. The highest BCUT2D eigenvalue weighted by molar-refractivity contribution is 4.55. The normalized spacial score (nSPS) is 12.0. The van der Waals surface area contributed by atoms with Crippen LogP contribution in [0.3, 0.4) is 0 Å². The van der Waals surface area contributed by atoms with E-state index in [1.807, 2.05) is 0 Å². The molecule has 0 radical (unpaired) electrons. The molecule has 0 atom stereocenters. The standard InChI is InChI=1S/C17H44N8O4/c18-1-5-22-9-13-26-17(27-14-10-23-6-2-19,28-15-11-24-7-3-20)29-16-12-25-8-4-21/h22-25H,1-16,18-21H2. The summed E-state index contributed by atoms with van der Waals surface area (Å²) in [5, 5.41) is 12.7. The summed E-state index contributed by atoms with van der Waals surface area (Å²) in [7, 11) is 0. The first-order valence-corrected chi connectivity index (χ1v) is 10.4. The third-order valence-electron chi connectivity index (χ3n) is 3.52. The Bertz CT molecular complexity index is 270. The quantitative estimate of drug-likeness (QED) is 0.0552. The van der Waals surface area contributed by atoms with E-state index in [0.717, 1.165) is 0 Å².